The minimum Gasteiger partial charge on any atom is -0.388 e. The Morgan fingerprint density at radius 2 is 2.00 bits per heavy atom. The van der Waals surface area contributed by atoms with Crippen LogP contribution in [0.1, 0.15) is 13.3 Å². The molecule has 0 spiro atoms. The van der Waals surface area contributed by atoms with Crippen molar-refractivity contribution >= 4 is 0 Å². The summed E-state index contributed by atoms with van der Waals surface area (Å²) in [5.74, 6) is 0. The topological polar surface area (TPSA) is 12.0 Å². The fourth-order valence-corrected chi connectivity index (χ4v) is 0.975. The zero-order valence-electron chi connectivity index (χ0n) is 9.09. The molecule has 0 unspecified atom stereocenters. The molecule has 0 bridgehead atoms. The second kappa shape index (κ2) is 8.11. The molecule has 0 saturated heterocycles. The second-order valence-electron chi connectivity index (χ2n) is 2.93. The third-order valence-corrected chi connectivity index (χ3v) is 1.68. The van der Waals surface area contributed by atoms with E-state index in [1.807, 2.05) is 32.2 Å². The molecule has 0 fully saturated rings. The summed E-state index contributed by atoms with van der Waals surface area (Å²) in [6.45, 7) is 9.45. The molecule has 0 aromatic rings. The van der Waals surface area contributed by atoms with Gasteiger partial charge in [0.15, 0.2) is 0 Å². The van der Waals surface area contributed by atoms with Crippen LogP contribution in [-0.2, 0) is 0 Å². The van der Waals surface area contributed by atoms with Crippen molar-refractivity contribution in [3.05, 3.63) is 60.9 Å². The molecule has 1 N–H and O–H groups in total. The lowest BCUT2D eigenvalue weighted by atomic mass is 10.2. The molecular formula is C13H19N. The molecule has 0 aromatic carbocycles. The summed E-state index contributed by atoms with van der Waals surface area (Å²) >= 11 is 0. The molecule has 0 heterocycles. The number of hydrogen-bond donors (Lipinski definition) is 1. The van der Waals surface area contributed by atoms with Gasteiger partial charge in [-0.3, -0.25) is 0 Å². The molecule has 0 aliphatic carbocycles. The summed E-state index contributed by atoms with van der Waals surface area (Å²) in [5.41, 5.74) is 2.16. The Labute approximate surface area is 87.2 Å². The Morgan fingerprint density at radius 1 is 1.29 bits per heavy atom. The normalized spacial score (nSPS) is 12.3. The van der Waals surface area contributed by atoms with Crippen molar-refractivity contribution < 1.29 is 0 Å². The van der Waals surface area contributed by atoms with Crippen molar-refractivity contribution in [1.29, 1.82) is 0 Å². The smallest absolute Gasteiger partial charge is 0.0323 e. The highest BCUT2D eigenvalue weighted by Crippen LogP contribution is 2.03. The predicted molar refractivity (Wildman–Crippen MR) is 65.1 cm³/mol. The van der Waals surface area contributed by atoms with E-state index in [0.717, 1.165) is 17.7 Å². The van der Waals surface area contributed by atoms with Crippen LogP contribution in [0.25, 0.3) is 0 Å². The first-order chi connectivity index (χ1) is 6.72. The van der Waals surface area contributed by atoms with Crippen LogP contribution in [-0.4, -0.2) is 7.05 Å². The van der Waals surface area contributed by atoms with Gasteiger partial charge in [-0.05, 0) is 18.9 Å². The van der Waals surface area contributed by atoms with Gasteiger partial charge in [0.25, 0.3) is 0 Å². The number of likely N-dealkylation sites (N-methyl/N-ethyl adjacent to an activating group) is 1. The SMILES string of the molecule is C=C/C=C\C=C/C/C=C(\NC)C(=C)C. The molecule has 0 aliphatic heterocycles. The van der Waals surface area contributed by atoms with Crippen LogP contribution >= 0.6 is 0 Å². The van der Waals surface area contributed by atoms with E-state index in [9.17, 15) is 0 Å². The largest absolute Gasteiger partial charge is 0.388 e. The zero-order valence-corrected chi connectivity index (χ0v) is 9.09. The van der Waals surface area contributed by atoms with Crippen LogP contribution in [0.5, 0.6) is 0 Å². The molecule has 0 rings (SSSR count). The van der Waals surface area contributed by atoms with E-state index in [2.05, 4.69) is 30.6 Å². The molecule has 0 amide bonds. The fraction of sp³-hybridized carbons (Fsp3) is 0.231. The van der Waals surface area contributed by atoms with Gasteiger partial charge in [-0.15, -0.1) is 0 Å². The minimum absolute atomic E-state index is 0.907. The summed E-state index contributed by atoms with van der Waals surface area (Å²) < 4.78 is 0. The third-order valence-electron chi connectivity index (χ3n) is 1.68. The molecular weight excluding hydrogens is 170 g/mol. The Morgan fingerprint density at radius 3 is 2.50 bits per heavy atom. The fourth-order valence-electron chi connectivity index (χ4n) is 0.975. The number of nitrogens with one attached hydrogen (secondary N) is 1. The lowest BCUT2D eigenvalue weighted by Crippen LogP contribution is -2.05. The average Bonchev–Trinajstić information content (AvgIpc) is 2.16. The van der Waals surface area contributed by atoms with E-state index in [4.69, 9.17) is 0 Å². The average molecular weight is 189 g/mol. The van der Waals surface area contributed by atoms with E-state index in [1.54, 1.807) is 6.08 Å². The maximum atomic E-state index is 3.87. The van der Waals surface area contributed by atoms with Gasteiger partial charge in [0, 0.05) is 12.7 Å². The van der Waals surface area contributed by atoms with Crippen molar-refractivity contribution in [2.45, 2.75) is 13.3 Å². The summed E-state index contributed by atoms with van der Waals surface area (Å²) in [4.78, 5) is 0. The van der Waals surface area contributed by atoms with Crippen LogP contribution in [0, 0.1) is 0 Å². The summed E-state index contributed by atoms with van der Waals surface area (Å²) in [7, 11) is 1.90. The maximum absolute atomic E-state index is 3.87. The van der Waals surface area contributed by atoms with Gasteiger partial charge in [-0.2, -0.15) is 0 Å². The minimum atomic E-state index is 0.907. The van der Waals surface area contributed by atoms with E-state index in [-0.39, 0.29) is 0 Å². The summed E-state index contributed by atoms with van der Waals surface area (Å²) in [6, 6.07) is 0. The maximum Gasteiger partial charge on any atom is 0.0323 e. The van der Waals surface area contributed by atoms with Crippen molar-refractivity contribution in [2.75, 3.05) is 7.05 Å². The molecule has 0 aromatic heterocycles. The first kappa shape index (κ1) is 12.5. The van der Waals surface area contributed by atoms with E-state index in [0.29, 0.717) is 0 Å². The Balaban J connectivity index is 4.01. The summed E-state index contributed by atoms with van der Waals surface area (Å²) in [6.07, 6.45) is 12.7. The third kappa shape index (κ3) is 6.06. The van der Waals surface area contributed by atoms with Crippen molar-refractivity contribution in [1.82, 2.24) is 5.32 Å². The lowest BCUT2D eigenvalue weighted by Gasteiger charge is -2.03. The number of hydrogen-bond acceptors (Lipinski definition) is 1. The van der Waals surface area contributed by atoms with E-state index in [1.165, 1.54) is 0 Å². The van der Waals surface area contributed by atoms with Crippen LogP contribution in [0.4, 0.5) is 0 Å². The Bertz CT molecular complexity index is 267. The van der Waals surface area contributed by atoms with Crippen LogP contribution in [0.15, 0.2) is 60.9 Å². The van der Waals surface area contributed by atoms with Crippen LogP contribution in [0.2, 0.25) is 0 Å². The van der Waals surface area contributed by atoms with Crippen molar-refractivity contribution in [3.63, 3.8) is 0 Å². The quantitative estimate of drug-likeness (QED) is 0.632. The van der Waals surface area contributed by atoms with E-state index >= 15 is 0 Å². The van der Waals surface area contributed by atoms with Gasteiger partial charge in [-0.1, -0.05) is 49.6 Å². The Hall–Kier alpha value is -1.50. The van der Waals surface area contributed by atoms with Crippen LogP contribution < -0.4 is 5.32 Å². The van der Waals surface area contributed by atoms with Gasteiger partial charge < -0.3 is 5.32 Å². The lowest BCUT2D eigenvalue weighted by molar-refractivity contribution is 0.988. The molecule has 1 heteroatoms. The van der Waals surface area contributed by atoms with Crippen molar-refractivity contribution in [3.8, 4) is 0 Å². The molecule has 76 valence electrons. The van der Waals surface area contributed by atoms with Gasteiger partial charge in [0.1, 0.15) is 0 Å². The van der Waals surface area contributed by atoms with Gasteiger partial charge >= 0.3 is 0 Å². The standard InChI is InChI=1S/C13H19N/c1-5-6-7-8-9-10-11-13(14-4)12(2)3/h5-9,11,14H,1-2,10H2,3-4H3/b7-6-,9-8-,13-11-. The highest BCUT2D eigenvalue weighted by molar-refractivity contribution is 5.24. The van der Waals surface area contributed by atoms with Crippen LogP contribution in [0.3, 0.4) is 0 Å². The monoisotopic (exact) mass is 189 g/mol. The predicted octanol–water partition coefficient (Wildman–Crippen LogP) is 3.35. The first-order valence-electron chi connectivity index (χ1n) is 4.70. The zero-order chi connectivity index (χ0) is 10.8. The molecule has 0 radical (unpaired) electrons. The number of allylic oxidation sites excluding steroid dienone is 7. The molecule has 0 saturated carbocycles. The summed E-state index contributed by atoms with van der Waals surface area (Å²) in [5, 5.41) is 3.10. The van der Waals surface area contributed by atoms with Gasteiger partial charge in [0.2, 0.25) is 0 Å². The highest BCUT2D eigenvalue weighted by Gasteiger charge is 1.90. The molecule has 1 nitrogen and oxygen atoms in total. The van der Waals surface area contributed by atoms with Crippen molar-refractivity contribution in [2.24, 2.45) is 0 Å². The molecule has 14 heavy (non-hydrogen) atoms. The van der Waals surface area contributed by atoms with Gasteiger partial charge in [0.05, 0.1) is 0 Å². The second-order valence-corrected chi connectivity index (χ2v) is 2.93. The highest BCUT2D eigenvalue weighted by atomic mass is 14.8. The Kier molecular flexibility index (Phi) is 7.24. The molecule has 0 aliphatic rings. The first-order valence-corrected chi connectivity index (χ1v) is 4.70. The molecule has 0 atom stereocenters. The van der Waals surface area contributed by atoms with E-state index < -0.39 is 0 Å². The van der Waals surface area contributed by atoms with Gasteiger partial charge in [-0.25, -0.2) is 0 Å². The number of rotatable bonds is 6.